The van der Waals surface area contributed by atoms with Crippen LogP contribution in [0.5, 0.6) is 0 Å². The maximum Gasteiger partial charge on any atom is 0.156 e. The Morgan fingerprint density at radius 3 is 2.70 bits per heavy atom. The molecule has 1 rings (SSSR count). The van der Waals surface area contributed by atoms with Crippen LogP contribution in [-0.4, -0.2) is 15.2 Å². The summed E-state index contributed by atoms with van der Waals surface area (Å²) in [6, 6.07) is 1.63. The number of hydrogen-bond acceptors (Lipinski definition) is 4. The Morgan fingerprint density at radius 2 is 2.30 bits per heavy atom. The molecule has 0 fully saturated rings. The fraction of sp³-hybridized carbons (Fsp3) is 0. The highest BCUT2D eigenvalue weighted by Crippen LogP contribution is 2.03. The van der Waals surface area contributed by atoms with Gasteiger partial charge in [0.2, 0.25) is 0 Å². The summed E-state index contributed by atoms with van der Waals surface area (Å²) in [5, 5.41) is 7.10. The molecule has 1 aromatic heterocycles. The lowest BCUT2D eigenvalue weighted by Gasteiger charge is -1.97. The van der Waals surface area contributed by atoms with Gasteiger partial charge < -0.3 is 11.5 Å². The number of aromatic nitrogens is 2. The van der Waals surface area contributed by atoms with Crippen molar-refractivity contribution < 1.29 is 0 Å². The van der Waals surface area contributed by atoms with Crippen molar-refractivity contribution in [2.24, 2.45) is 5.73 Å². The molecule has 0 aliphatic carbocycles. The lowest BCUT2D eigenvalue weighted by atomic mass is 10.3. The molecule has 5 heteroatoms. The van der Waals surface area contributed by atoms with Crippen LogP contribution >= 0.6 is 12.2 Å². The van der Waals surface area contributed by atoms with Gasteiger partial charge in [-0.1, -0.05) is 12.2 Å². The highest BCUT2D eigenvalue weighted by Gasteiger charge is 2.00. The molecule has 0 atom stereocenters. The summed E-state index contributed by atoms with van der Waals surface area (Å²) in [5.74, 6) is 0.273. The summed E-state index contributed by atoms with van der Waals surface area (Å²) in [7, 11) is 0. The molecule has 0 bridgehead atoms. The van der Waals surface area contributed by atoms with Gasteiger partial charge in [0.05, 0.1) is 11.8 Å². The zero-order chi connectivity index (χ0) is 7.56. The van der Waals surface area contributed by atoms with Crippen molar-refractivity contribution in [3.05, 3.63) is 17.8 Å². The third kappa shape index (κ3) is 1.19. The summed E-state index contributed by atoms with van der Waals surface area (Å²) in [4.78, 5) is 0.243. The fourth-order valence-electron chi connectivity index (χ4n) is 0.551. The Bertz CT molecular complexity index is 260. The summed E-state index contributed by atoms with van der Waals surface area (Å²) >= 11 is 4.68. The summed E-state index contributed by atoms with van der Waals surface area (Å²) < 4.78 is 0. The molecule has 4 nitrogen and oxygen atoms in total. The first-order chi connectivity index (χ1) is 4.72. The molecule has 10 heavy (non-hydrogen) atoms. The minimum atomic E-state index is 0.243. The van der Waals surface area contributed by atoms with Gasteiger partial charge in [0.25, 0.3) is 0 Å². The lowest BCUT2D eigenvalue weighted by Crippen LogP contribution is -2.13. The quantitative estimate of drug-likeness (QED) is 0.543. The first-order valence-electron chi connectivity index (χ1n) is 2.59. The van der Waals surface area contributed by atoms with Gasteiger partial charge in [-0.2, -0.15) is 5.10 Å². The number of nitrogens with two attached hydrogens (primary N) is 2. The van der Waals surface area contributed by atoms with Gasteiger partial charge in [-0.25, -0.2) is 0 Å². The normalized spacial score (nSPS) is 9.20. The largest absolute Gasteiger partial charge is 0.389 e. The third-order valence-electron chi connectivity index (χ3n) is 1.01. The molecular formula is C5H6N4S. The second-order valence-corrected chi connectivity index (χ2v) is 2.13. The highest BCUT2D eigenvalue weighted by molar-refractivity contribution is 7.80. The van der Waals surface area contributed by atoms with Crippen molar-refractivity contribution >= 4 is 23.0 Å². The molecule has 1 heterocycles. The summed E-state index contributed by atoms with van der Waals surface area (Å²) in [6.45, 7) is 0. The van der Waals surface area contributed by atoms with Crippen molar-refractivity contribution in [3.8, 4) is 0 Å². The molecule has 0 amide bonds. The van der Waals surface area contributed by atoms with Crippen molar-refractivity contribution in [1.29, 1.82) is 0 Å². The summed E-state index contributed by atoms with van der Waals surface area (Å²) in [5.41, 5.74) is 11.3. The summed E-state index contributed by atoms with van der Waals surface area (Å²) in [6.07, 6.45) is 1.49. The molecule has 1 aromatic rings. The van der Waals surface area contributed by atoms with Gasteiger partial charge in [0.1, 0.15) is 4.99 Å². The molecule has 0 spiro atoms. The van der Waals surface area contributed by atoms with Crippen LogP contribution in [0.3, 0.4) is 0 Å². The predicted molar refractivity (Wildman–Crippen MR) is 42.3 cm³/mol. The monoisotopic (exact) mass is 154 g/mol. The van der Waals surface area contributed by atoms with Gasteiger partial charge in [-0.05, 0) is 6.07 Å². The SMILES string of the molecule is NC(=S)c1ccnnc1N. The van der Waals surface area contributed by atoms with Gasteiger partial charge >= 0.3 is 0 Å². The highest BCUT2D eigenvalue weighted by atomic mass is 32.1. The van der Waals surface area contributed by atoms with Crippen LogP contribution in [0.2, 0.25) is 0 Å². The van der Waals surface area contributed by atoms with E-state index in [0.29, 0.717) is 5.56 Å². The van der Waals surface area contributed by atoms with Crippen LogP contribution in [-0.2, 0) is 0 Å². The molecule has 0 unspecified atom stereocenters. The number of nitrogens with zero attached hydrogens (tertiary/aromatic N) is 2. The molecule has 0 aliphatic rings. The van der Waals surface area contributed by atoms with E-state index in [1.54, 1.807) is 6.07 Å². The van der Waals surface area contributed by atoms with Crippen LogP contribution in [0.15, 0.2) is 12.3 Å². The maximum absolute atomic E-state index is 5.38. The van der Waals surface area contributed by atoms with Crippen LogP contribution in [0, 0.1) is 0 Å². The van der Waals surface area contributed by atoms with E-state index in [1.807, 2.05) is 0 Å². The number of nitrogen functional groups attached to an aromatic ring is 1. The predicted octanol–water partition coefficient (Wildman–Crippen LogP) is -0.307. The average Bonchev–Trinajstić information content (AvgIpc) is 1.88. The first kappa shape index (κ1) is 6.88. The molecule has 52 valence electrons. The smallest absolute Gasteiger partial charge is 0.156 e. The molecule has 4 N–H and O–H groups in total. The van der Waals surface area contributed by atoms with E-state index in [0.717, 1.165) is 0 Å². The van der Waals surface area contributed by atoms with E-state index in [4.69, 9.17) is 11.5 Å². The van der Waals surface area contributed by atoms with Gasteiger partial charge in [-0.3, -0.25) is 0 Å². The van der Waals surface area contributed by atoms with Crippen molar-refractivity contribution in [2.75, 3.05) is 5.73 Å². The molecular weight excluding hydrogens is 148 g/mol. The Morgan fingerprint density at radius 1 is 1.60 bits per heavy atom. The number of hydrogen-bond donors (Lipinski definition) is 2. The standard InChI is InChI=1S/C5H6N4S/c6-4-3(5(7)10)1-2-8-9-4/h1-2H,(H2,6,9)(H2,7,10). The van der Waals surface area contributed by atoms with Gasteiger partial charge in [0, 0.05) is 0 Å². The average molecular weight is 154 g/mol. The van der Waals surface area contributed by atoms with E-state index >= 15 is 0 Å². The van der Waals surface area contributed by atoms with Crippen LogP contribution in [0.1, 0.15) is 5.56 Å². The Balaban J connectivity index is 3.15. The number of thiocarbonyl (C=S) groups is 1. The van der Waals surface area contributed by atoms with Crippen LogP contribution in [0.25, 0.3) is 0 Å². The Hall–Kier alpha value is -1.23. The van der Waals surface area contributed by atoms with E-state index < -0.39 is 0 Å². The van der Waals surface area contributed by atoms with Crippen molar-refractivity contribution in [1.82, 2.24) is 10.2 Å². The zero-order valence-corrected chi connectivity index (χ0v) is 5.93. The Labute approximate surface area is 63.2 Å². The maximum atomic E-state index is 5.38. The van der Waals surface area contributed by atoms with Crippen molar-refractivity contribution in [2.45, 2.75) is 0 Å². The van der Waals surface area contributed by atoms with Crippen LogP contribution < -0.4 is 11.5 Å². The molecule has 0 aromatic carbocycles. The second-order valence-electron chi connectivity index (χ2n) is 1.69. The van der Waals surface area contributed by atoms with Gasteiger partial charge in [0.15, 0.2) is 5.82 Å². The molecule has 0 saturated heterocycles. The van der Waals surface area contributed by atoms with E-state index in [-0.39, 0.29) is 10.8 Å². The van der Waals surface area contributed by atoms with E-state index in [1.165, 1.54) is 6.20 Å². The van der Waals surface area contributed by atoms with Crippen molar-refractivity contribution in [3.63, 3.8) is 0 Å². The van der Waals surface area contributed by atoms with E-state index in [2.05, 4.69) is 22.4 Å². The minimum absolute atomic E-state index is 0.243. The second kappa shape index (κ2) is 2.57. The molecule has 0 aliphatic heterocycles. The number of anilines is 1. The molecule has 0 saturated carbocycles. The first-order valence-corrected chi connectivity index (χ1v) is 2.99. The number of rotatable bonds is 1. The fourth-order valence-corrected chi connectivity index (χ4v) is 0.724. The minimum Gasteiger partial charge on any atom is -0.389 e. The van der Waals surface area contributed by atoms with E-state index in [9.17, 15) is 0 Å². The van der Waals surface area contributed by atoms with Gasteiger partial charge in [-0.15, -0.1) is 5.10 Å². The third-order valence-corrected chi connectivity index (χ3v) is 1.23. The van der Waals surface area contributed by atoms with Crippen LogP contribution in [0.4, 0.5) is 5.82 Å². The zero-order valence-electron chi connectivity index (χ0n) is 5.11. The Kier molecular flexibility index (Phi) is 1.77. The molecule has 0 radical (unpaired) electrons. The topological polar surface area (TPSA) is 77.8 Å². The lowest BCUT2D eigenvalue weighted by molar-refractivity contribution is 1.04.